The molecule has 0 aliphatic carbocycles. The lowest BCUT2D eigenvalue weighted by Gasteiger charge is -2.54. The number of pyridine rings is 1. The molecule has 3 fully saturated rings. The van der Waals surface area contributed by atoms with Gasteiger partial charge in [-0.1, -0.05) is 11.6 Å². The zero-order valence-electron chi connectivity index (χ0n) is 34.7. The van der Waals surface area contributed by atoms with E-state index in [0.29, 0.717) is 66.3 Å². The molecule has 0 saturated carbocycles. The van der Waals surface area contributed by atoms with E-state index in [1.807, 2.05) is 10.5 Å². The molecule has 5 aromatic rings. The minimum Gasteiger partial charge on any atom is -0.494 e. The molecule has 2 aromatic carbocycles. The lowest BCUT2D eigenvalue weighted by Crippen LogP contribution is -2.60. The van der Waals surface area contributed by atoms with Gasteiger partial charge in [0, 0.05) is 92.6 Å². The molecule has 9 rings (SSSR count). The highest BCUT2D eigenvalue weighted by molar-refractivity contribution is 6.30. The van der Waals surface area contributed by atoms with E-state index >= 15 is 4.39 Å². The summed E-state index contributed by atoms with van der Waals surface area (Å²) in [4.78, 5) is 69.2. The molecule has 4 aliphatic heterocycles. The number of rotatable bonds is 15. The smallest absolute Gasteiger partial charge is 0.256 e. The van der Waals surface area contributed by atoms with Gasteiger partial charge in [0.2, 0.25) is 17.8 Å². The summed E-state index contributed by atoms with van der Waals surface area (Å²) in [7, 11) is 0. The van der Waals surface area contributed by atoms with E-state index in [4.69, 9.17) is 31.8 Å². The average Bonchev–Trinajstić information content (AvgIpc) is 3.80. The number of fused-ring (bicyclic) bond motifs is 2. The minimum absolute atomic E-state index is 0.118. The zero-order chi connectivity index (χ0) is 43.7. The average molecular weight is 879 g/mol. The summed E-state index contributed by atoms with van der Waals surface area (Å²) in [6, 6.07) is 12.1. The largest absolute Gasteiger partial charge is 0.494 e. The molecule has 16 nitrogen and oxygen atoms in total. The van der Waals surface area contributed by atoms with Crippen LogP contribution in [0.5, 0.6) is 5.75 Å². The maximum atomic E-state index is 15.8. The monoisotopic (exact) mass is 878 g/mol. The van der Waals surface area contributed by atoms with Crippen molar-refractivity contribution in [2.45, 2.75) is 57.5 Å². The van der Waals surface area contributed by atoms with Gasteiger partial charge in [0.05, 0.1) is 13.2 Å². The molecule has 63 heavy (non-hydrogen) atoms. The molecular weight excluding hydrogens is 831 g/mol. The number of aromatic nitrogens is 4. The van der Waals surface area contributed by atoms with Crippen molar-refractivity contribution in [2.24, 2.45) is 5.41 Å². The second-order valence-corrected chi connectivity index (χ2v) is 17.2. The lowest BCUT2D eigenvalue weighted by molar-refractivity contribution is -0.136. The molecule has 18 heteroatoms. The number of halogens is 2. The van der Waals surface area contributed by atoms with Crippen LogP contribution in [-0.2, 0) is 20.9 Å². The SMILES string of the molecule is Nc1nccn2c(N3CCC4(CC3)CN(CCOCCCCCOc3ccc5c(c3)CN(C3CCC(=O)NC3=O)C5=O)C4)nc(-c3ccc(C(=O)Nc4cc(Cl)ccn4)cc3F)c12. The quantitative estimate of drug-likeness (QED) is 0.0905. The standard InChI is InChI=1S/C45H48ClFN10O6/c46-30-10-13-49-36(24-30)51-41(59)28-4-6-33(34(47)23-28)38-39-40(48)50-14-17-56(39)44(53-38)55-15-11-45(12-16-55)26-54(27-45)18-21-62-19-2-1-3-20-63-31-5-7-32-29(22-31)25-57(43(32)61)35-8-9-37(58)52-42(35)60/h4-7,10,13-14,17,22-24,35H,1-3,8-9,11-12,15-16,18-21,25-27H2,(H2,48,50)(H,49,51,59)(H,52,58,60). The maximum Gasteiger partial charge on any atom is 0.256 e. The van der Waals surface area contributed by atoms with Gasteiger partial charge in [0.25, 0.3) is 11.8 Å². The van der Waals surface area contributed by atoms with Crippen molar-refractivity contribution in [3.05, 3.63) is 94.7 Å². The number of ether oxygens (including phenoxy) is 2. The van der Waals surface area contributed by atoms with Crippen LogP contribution in [-0.4, -0.2) is 111 Å². The molecule has 4 aliphatic rings. The Morgan fingerprint density at radius 3 is 2.57 bits per heavy atom. The summed E-state index contributed by atoms with van der Waals surface area (Å²) in [6.07, 6.45) is 10.2. The Kier molecular flexibility index (Phi) is 12.0. The van der Waals surface area contributed by atoms with Crippen molar-refractivity contribution in [1.29, 1.82) is 0 Å². The van der Waals surface area contributed by atoms with Gasteiger partial charge in [-0.3, -0.25) is 33.8 Å². The Balaban J connectivity index is 0.688. The van der Waals surface area contributed by atoms with Gasteiger partial charge >= 0.3 is 0 Å². The van der Waals surface area contributed by atoms with Crippen molar-refractivity contribution in [2.75, 3.05) is 68.5 Å². The van der Waals surface area contributed by atoms with Crippen LogP contribution >= 0.6 is 11.6 Å². The highest BCUT2D eigenvalue weighted by Gasteiger charge is 2.45. The maximum absolute atomic E-state index is 15.8. The lowest BCUT2D eigenvalue weighted by atomic mass is 9.72. The number of carbonyl (C=O) groups excluding carboxylic acids is 4. The van der Waals surface area contributed by atoms with E-state index in [0.717, 1.165) is 70.4 Å². The van der Waals surface area contributed by atoms with Crippen LogP contribution in [0, 0.1) is 11.2 Å². The molecule has 4 amide bonds. The number of hydrogen-bond donors (Lipinski definition) is 3. The molecule has 1 spiro atoms. The van der Waals surface area contributed by atoms with E-state index in [-0.39, 0.29) is 46.4 Å². The summed E-state index contributed by atoms with van der Waals surface area (Å²) in [5.74, 6) is -0.191. The van der Waals surface area contributed by atoms with Gasteiger partial charge < -0.3 is 30.3 Å². The zero-order valence-corrected chi connectivity index (χ0v) is 35.4. The first kappa shape index (κ1) is 42.1. The molecular formula is C45H48ClFN10O6. The number of nitrogens with zero attached hydrogens (tertiary/aromatic N) is 7. The van der Waals surface area contributed by atoms with Crippen molar-refractivity contribution in [3.8, 4) is 17.0 Å². The van der Waals surface area contributed by atoms with Crippen LogP contribution in [0.25, 0.3) is 16.8 Å². The number of hydrogen-bond acceptors (Lipinski definition) is 12. The third kappa shape index (κ3) is 8.90. The number of nitrogens with two attached hydrogens (primary N) is 1. The second kappa shape index (κ2) is 17.9. The number of nitrogens with one attached hydrogen (secondary N) is 2. The Hall–Kier alpha value is -6.17. The molecule has 328 valence electrons. The van der Waals surface area contributed by atoms with E-state index < -0.39 is 23.7 Å². The Bertz CT molecular complexity index is 2570. The fraction of sp³-hybridized carbons (Fsp3) is 0.400. The highest BCUT2D eigenvalue weighted by atomic mass is 35.5. The number of imidazole rings is 1. The summed E-state index contributed by atoms with van der Waals surface area (Å²) >= 11 is 6.01. The number of anilines is 3. The number of amides is 4. The van der Waals surface area contributed by atoms with Crippen LogP contribution in [0.4, 0.5) is 22.0 Å². The topological polar surface area (TPSA) is 190 Å². The molecule has 4 N–H and O–H groups in total. The van der Waals surface area contributed by atoms with Crippen LogP contribution in [0.15, 0.2) is 67.1 Å². The van der Waals surface area contributed by atoms with Crippen molar-refractivity contribution >= 4 is 58.3 Å². The van der Waals surface area contributed by atoms with Crippen LogP contribution in [0.3, 0.4) is 0 Å². The summed E-state index contributed by atoms with van der Waals surface area (Å²) in [5.41, 5.74) is 9.20. The predicted octanol–water partition coefficient (Wildman–Crippen LogP) is 5.35. The number of carbonyl (C=O) groups is 4. The number of imide groups is 1. The van der Waals surface area contributed by atoms with Gasteiger partial charge in [0.15, 0.2) is 0 Å². The number of nitrogen functional groups attached to an aromatic ring is 1. The van der Waals surface area contributed by atoms with E-state index in [2.05, 4.69) is 30.4 Å². The molecule has 1 atom stereocenters. The van der Waals surface area contributed by atoms with Crippen molar-refractivity contribution in [3.63, 3.8) is 0 Å². The van der Waals surface area contributed by atoms with E-state index in [1.54, 1.807) is 35.5 Å². The molecule has 0 radical (unpaired) electrons. The molecule has 3 aromatic heterocycles. The predicted molar refractivity (Wildman–Crippen MR) is 233 cm³/mol. The summed E-state index contributed by atoms with van der Waals surface area (Å²) < 4.78 is 29.6. The minimum atomic E-state index is -0.634. The summed E-state index contributed by atoms with van der Waals surface area (Å²) in [6.45, 7) is 6.78. The van der Waals surface area contributed by atoms with Crippen LogP contribution < -0.4 is 26.0 Å². The van der Waals surface area contributed by atoms with Gasteiger partial charge in [-0.15, -0.1) is 0 Å². The Morgan fingerprint density at radius 1 is 0.968 bits per heavy atom. The second-order valence-electron chi connectivity index (χ2n) is 16.7. The van der Waals surface area contributed by atoms with Gasteiger partial charge in [0.1, 0.15) is 40.5 Å². The fourth-order valence-corrected chi connectivity index (χ4v) is 9.30. The first-order valence-corrected chi connectivity index (χ1v) is 21.7. The van der Waals surface area contributed by atoms with Crippen LogP contribution in [0.1, 0.15) is 71.2 Å². The first-order chi connectivity index (χ1) is 30.5. The van der Waals surface area contributed by atoms with Crippen LogP contribution in [0.2, 0.25) is 5.02 Å². The van der Waals surface area contributed by atoms with Crippen molar-refractivity contribution in [1.82, 2.24) is 34.5 Å². The third-order valence-corrected chi connectivity index (χ3v) is 12.7. The number of likely N-dealkylation sites (tertiary alicyclic amines) is 1. The fourth-order valence-electron chi connectivity index (χ4n) is 9.14. The van der Waals surface area contributed by atoms with E-state index in [9.17, 15) is 19.2 Å². The first-order valence-electron chi connectivity index (χ1n) is 21.3. The normalized spacial score (nSPS) is 18.4. The van der Waals surface area contributed by atoms with Crippen molar-refractivity contribution < 1.29 is 33.0 Å². The number of benzene rings is 2. The van der Waals surface area contributed by atoms with E-state index in [1.165, 1.54) is 30.5 Å². The molecule has 3 saturated heterocycles. The van der Waals surface area contributed by atoms with Gasteiger partial charge in [-0.2, -0.15) is 0 Å². The third-order valence-electron chi connectivity index (χ3n) is 12.5. The highest BCUT2D eigenvalue weighted by Crippen LogP contribution is 2.42. The van der Waals surface area contributed by atoms with Gasteiger partial charge in [-0.05, 0) is 98.0 Å². The number of piperidine rings is 2. The summed E-state index contributed by atoms with van der Waals surface area (Å²) in [5, 5.41) is 5.39. The number of unbranched alkanes of at least 4 members (excludes halogenated alkanes) is 2. The van der Waals surface area contributed by atoms with Gasteiger partial charge in [-0.25, -0.2) is 19.3 Å². The Morgan fingerprint density at radius 2 is 1.78 bits per heavy atom. The molecule has 1 unspecified atom stereocenters. The molecule has 0 bridgehead atoms. The molecule has 7 heterocycles. The Labute approximate surface area is 367 Å².